The summed E-state index contributed by atoms with van der Waals surface area (Å²) >= 11 is 0. The zero-order valence-electron chi connectivity index (χ0n) is 29.9. The summed E-state index contributed by atoms with van der Waals surface area (Å²) in [6.07, 6.45) is 18.5. The van der Waals surface area contributed by atoms with Crippen molar-refractivity contribution in [2.75, 3.05) is 13.2 Å². The predicted octanol–water partition coefficient (Wildman–Crippen LogP) is 7.82. The van der Waals surface area contributed by atoms with Crippen LogP contribution in [0.3, 0.4) is 0 Å². The van der Waals surface area contributed by atoms with Gasteiger partial charge in [0, 0.05) is 11.1 Å². The van der Waals surface area contributed by atoms with Crippen LogP contribution >= 0.6 is 0 Å². The molecule has 0 unspecified atom stereocenters. The van der Waals surface area contributed by atoms with Crippen molar-refractivity contribution >= 4 is 23.9 Å². The van der Waals surface area contributed by atoms with E-state index < -0.39 is 23.9 Å². The first-order chi connectivity index (χ1) is 23.2. The molecule has 0 amide bonds. The largest absolute Gasteiger partial charge is 0.545 e. The van der Waals surface area contributed by atoms with Gasteiger partial charge in [0.15, 0.2) is 0 Å². The highest BCUT2D eigenvalue weighted by atomic mass is 16.5. The molecule has 2 aromatic rings. The van der Waals surface area contributed by atoms with Crippen LogP contribution in [-0.2, 0) is 22.3 Å². The quantitative estimate of drug-likeness (QED) is 0.0818. The zero-order chi connectivity index (χ0) is 35.6. The molecule has 0 fully saturated rings. The first-order valence-electron chi connectivity index (χ1n) is 18.2. The van der Waals surface area contributed by atoms with Crippen LogP contribution in [0.1, 0.15) is 183 Å². The van der Waals surface area contributed by atoms with Crippen LogP contribution in [-0.4, -0.2) is 37.1 Å². The molecule has 48 heavy (non-hydrogen) atoms. The number of aryl methyl sites for hydroxylation is 1. The Morgan fingerprint density at radius 1 is 0.500 bits per heavy atom. The maximum atomic E-state index is 11.9. The highest BCUT2D eigenvalue weighted by molar-refractivity contribution is 6.03. The van der Waals surface area contributed by atoms with Gasteiger partial charge in [-0.1, -0.05) is 129 Å². The molecule has 0 N–H and O–H groups in total. The molecule has 0 saturated carbocycles. The standard InChI is InChI=1S/C24H38O4.C16H22O4/c1-3-5-7-9-11-13-15-19-17-18-21(23(25)26)22(24(27)28)20(19)16-14-12-10-8-6-4-2;1-3-5-11-19-15(17)13-9-7-8-10-14(13)16(18)20-12-6-4-2/h17-18H,3-16H2,1-2H3,(H,25,26)(H,27,28);7-10H,3-6,11-12H2,1-2H3/p-2. The van der Waals surface area contributed by atoms with Crippen molar-refractivity contribution in [1.82, 2.24) is 0 Å². The van der Waals surface area contributed by atoms with Crippen LogP contribution < -0.4 is 10.2 Å². The fourth-order valence-corrected chi connectivity index (χ4v) is 5.40. The third-order valence-corrected chi connectivity index (χ3v) is 8.24. The molecule has 0 aromatic heterocycles. The van der Waals surface area contributed by atoms with Crippen molar-refractivity contribution in [3.8, 4) is 0 Å². The minimum atomic E-state index is -1.45. The summed E-state index contributed by atoms with van der Waals surface area (Å²) in [5.41, 5.74) is 1.71. The Labute approximate surface area is 288 Å². The van der Waals surface area contributed by atoms with E-state index >= 15 is 0 Å². The van der Waals surface area contributed by atoms with Crippen molar-refractivity contribution < 1.29 is 38.9 Å². The van der Waals surface area contributed by atoms with Gasteiger partial charge in [-0.2, -0.15) is 0 Å². The normalized spacial score (nSPS) is 10.6. The average Bonchev–Trinajstić information content (AvgIpc) is 3.08. The van der Waals surface area contributed by atoms with E-state index in [0.717, 1.165) is 69.8 Å². The van der Waals surface area contributed by atoms with E-state index in [1.165, 1.54) is 51.0 Å². The van der Waals surface area contributed by atoms with Gasteiger partial charge in [0.05, 0.1) is 36.3 Å². The summed E-state index contributed by atoms with van der Waals surface area (Å²) in [4.78, 5) is 47.0. The third-order valence-electron chi connectivity index (χ3n) is 8.24. The van der Waals surface area contributed by atoms with Gasteiger partial charge < -0.3 is 29.3 Å². The topological polar surface area (TPSA) is 133 Å². The van der Waals surface area contributed by atoms with Crippen molar-refractivity contribution in [2.24, 2.45) is 0 Å². The lowest BCUT2D eigenvalue weighted by Gasteiger charge is -2.20. The molecule has 2 rings (SSSR count). The van der Waals surface area contributed by atoms with Gasteiger partial charge >= 0.3 is 11.9 Å². The lowest BCUT2D eigenvalue weighted by molar-refractivity contribution is -0.259. The number of ether oxygens (including phenoxy) is 2. The highest BCUT2D eigenvalue weighted by Gasteiger charge is 2.19. The van der Waals surface area contributed by atoms with Crippen LogP contribution in [0, 0.1) is 0 Å². The summed E-state index contributed by atoms with van der Waals surface area (Å²) in [5.74, 6) is -3.80. The molecule has 0 spiro atoms. The van der Waals surface area contributed by atoms with Gasteiger partial charge in [0.2, 0.25) is 0 Å². The lowest BCUT2D eigenvalue weighted by atomic mass is 9.89. The van der Waals surface area contributed by atoms with E-state index in [0.29, 0.717) is 25.2 Å². The maximum Gasteiger partial charge on any atom is 0.339 e. The van der Waals surface area contributed by atoms with E-state index in [9.17, 15) is 29.4 Å². The Morgan fingerprint density at radius 3 is 1.38 bits per heavy atom. The number of benzene rings is 2. The molecule has 0 radical (unpaired) electrons. The van der Waals surface area contributed by atoms with Crippen molar-refractivity contribution in [3.63, 3.8) is 0 Å². The molecular weight excluding hydrogens is 608 g/mol. The number of carbonyl (C=O) groups is 4. The number of carbonyl (C=O) groups excluding carboxylic acids is 4. The van der Waals surface area contributed by atoms with Crippen molar-refractivity contribution in [3.05, 3.63) is 69.8 Å². The van der Waals surface area contributed by atoms with Crippen molar-refractivity contribution in [2.45, 2.75) is 143 Å². The lowest BCUT2D eigenvalue weighted by Crippen LogP contribution is -2.31. The van der Waals surface area contributed by atoms with E-state index in [1.54, 1.807) is 30.3 Å². The van der Waals surface area contributed by atoms with Gasteiger partial charge in [-0.3, -0.25) is 0 Å². The fraction of sp³-hybridized carbons (Fsp3) is 0.600. The summed E-state index contributed by atoms with van der Waals surface area (Å²) in [7, 11) is 0. The monoisotopic (exact) mass is 666 g/mol. The smallest absolute Gasteiger partial charge is 0.339 e. The maximum absolute atomic E-state index is 11.9. The predicted molar refractivity (Wildman–Crippen MR) is 186 cm³/mol. The number of rotatable bonds is 24. The van der Waals surface area contributed by atoms with Gasteiger partial charge in [-0.15, -0.1) is 0 Å². The highest BCUT2D eigenvalue weighted by Crippen LogP contribution is 2.24. The van der Waals surface area contributed by atoms with Gasteiger partial charge in [0.1, 0.15) is 0 Å². The second kappa shape index (κ2) is 26.3. The summed E-state index contributed by atoms with van der Waals surface area (Å²) in [6.45, 7) is 9.14. The fourth-order valence-electron chi connectivity index (χ4n) is 5.40. The number of esters is 2. The zero-order valence-corrected chi connectivity index (χ0v) is 29.9. The Bertz CT molecular complexity index is 1190. The van der Waals surface area contributed by atoms with Gasteiger partial charge in [-0.25, -0.2) is 9.59 Å². The molecule has 268 valence electrons. The Balaban J connectivity index is 0.000000507. The van der Waals surface area contributed by atoms with Gasteiger partial charge in [0.25, 0.3) is 0 Å². The number of carboxylic acid groups (broad SMARTS) is 2. The summed E-state index contributed by atoms with van der Waals surface area (Å²) < 4.78 is 10.3. The number of carboxylic acids is 2. The van der Waals surface area contributed by atoms with Gasteiger partial charge in [-0.05, 0) is 61.8 Å². The molecule has 0 bridgehead atoms. The van der Waals surface area contributed by atoms with Crippen LogP contribution in [0.4, 0.5) is 0 Å². The molecule has 0 heterocycles. The van der Waals surface area contributed by atoms with E-state index in [4.69, 9.17) is 9.47 Å². The number of aromatic carboxylic acids is 2. The Hall–Kier alpha value is -3.68. The van der Waals surface area contributed by atoms with Crippen LogP contribution in [0.5, 0.6) is 0 Å². The van der Waals surface area contributed by atoms with E-state index in [-0.39, 0.29) is 22.3 Å². The van der Waals surface area contributed by atoms with Crippen LogP contribution in [0.2, 0.25) is 0 Å². The van der Waals surface area contributed by atoms with Crippen LogP contribution in [0.25, 0.3) is 0 Å². The summed E-state index contributed by atoms with van der Waals surface area (Å²) in [5, 5.41) is 23.1. The number of hydrogen-bond acceptors (Lipinski definition) is 8. The third kappa shape index (κ3) is 16.4. The van der Waals surface area contributed by atoms with Crippen LogP contribution in [0.15, 0.2) is 36.4 Å². The number of unbranched alkanes of at least 4 members (excludes halogenated alkanes) is 12. The Kier molecular flexibility index (Phi) is 23.2. The van der Waals surface area contributed by atoms with E-state index in [2.05, 4.69) is 13.8 Å². The second-order valence-electron chi connectivity index (χ2n) is 12.3. The average molecular weight is 667 g/mol. The molecule has 8 heteroatoms. The molecule has 0 aliphatic heterocycles. The first kappa shape index (κ1) is 42.3. The molecule has 0 atom stereocenters. The molecular formula is C40H58O8-2. The molecule has 0 aliphatic carbocycles. The van der Waals surface area contributed by atoms with Crippen molar-refractivity contribution in [1.29, 1.82) is 0 Å². The molecule has 0 saturated heterocycles. The Morgan fingerprint density at radius 2 is 0.938 bits per heavy atom. The molecule has 2 aromatic carbocycles. The first-order valence-corrected chi connectivity index (χ1v) is 18.2. The van der Waals surface area contributed by atoms with E-state index in [1.807, 2.05) is 13.8 Å². The SMILES string of the molecule is CCCCCCCCc1ccc(C(=O)[O-])c(C(=O)[O-])c1CCCCCCCC.CCCCOC(=O)c1ccccc1C(=O)OCCCC. The second-order valence-corrected chi connectivity index (χ2v) is 12.3. The summed E-state index contributed by atoms with van der Waals surface area (Å²) in [6, 6.07) is 9.74. The number of hydrogen-bond donors (Lipinski definition) is 0. The molecule has 0 aliphatic rings. The minimum absolute atomic E-state index is 0.169. The minimum Gasteiger partial charge on any atom is -0.545 e. The molecule has 8 nitrogen and oxygen atoms in total.